The van der Waals surface area contributed by atoms with E-state index in [0.29, 0.717) is 16.9 Å². The van der Waals surface area contributed by atoms with Crippen molar-refractivity contribution in [3.8, 4) is 5.75 Å². The zero-order chi connectivity index (χ0) is 17.7. The first-order valence-corrected chi connectivity index (χ1v) is 7.41. The van der Waals surface area contributed by atoms with Gasteiger partial charge in [0.1, 0.15) is 11.6 Å². The Kier molecular flexibility index (Phi) is 5.83. The van der Waals surface area contributed by atoms with Crippen LogP contribution in [-0.2, 0) is 0 Å². The van der Waals surface area contributed by atoms with Crippen molar-refractivity contribution in [2.75, 3.05) is 13.7 Å². The van der Waals surface area contributed by atoms with E-state index in [1.807, 2.05) is 6.92 Å². The molecule has 0 spiro atoms. The topological polar surface area (TPSA) is 84.6 Å². The molecule has 0 saturated heterocycles. The van der Waals surface area contributed by atoms with Crippen LogP contribution in [0.15, 0.2) is 42.5 Å². The standard InChI is InChI=1S/C17H19FN2O4/c1-11(15-9-13(18)6-7-17(15)24-2)19-10-16(21)12-4-3-5-14(8-12)20(22)23/h3-9,11,16,19,21H,10H2,1-2H3. The highest BCUT2D eigenvalue weighted by Gasteiger charge is 2.16. The first kappa shape index (κ1) is 17.8. The second-order valence-corrected chi connectivity index (χ2v) is 5.38. The summed E-state index contributed by atoms with van der Waals surface area (Å²) < 4.78 is 18.6. The van der Waals surface area contributed by atoms with E-state index in [4.69, 9.17) is 4.74 Å². The summed E-state index contributed by atoms with van der Waals surface area (Å²) in [4.78, 5) is 10.3. The average molecular weight is 334 g/mol. The fourth-order valence-electron chi connectivity index (χ4n) is 2.41. The molecule has 2 unspecified atom stereocenters. The van der Waals surface area contributed by atoms with Crippen molar-refractivity contribution >= 4 is 5.69 Å². The van der Waals surface area contributed by atoms with Crippen LogP contribution >= 0.6 is 0 Å². The molecule has 0 radical (unpaired) electrons. The minimum atomic E-state index is -0.924. The van der Waals surface area contributed by atoms with E-state index < -0.39 is 11.0 Å². The van der Waals surface area contributed by atoms with Crippen LogP contribution in [0.1, 0.15) is 30.2 Å². The van der Waals surface area contributed by atoms with E-state index in [0.717, 1.165) is 0 Å². The summed E-state index contributed by atoms with van der Waals surface area (Å²) in [6, 6.07) is 9.79. The Labute approximate surface area is 139 Å². The van der Waals surface area contributed by atoms with Crippen molar-refractivity contribution < 1.29 is 19.2 Å². The maximum absolute atomic E-state index is 13.4. The van der Waals surface area contributed by atoms with Crippen LogP contribution in [0.25, 0.3) is 0 Å². The van der Waals surface area contributed by atoms with Gasteiger partial charge in [0.15, 0.2) is 0 Å². The smallest absolute Gasteiger partial charge is 0.269 e. The van der Waals surface area contributed by atoms with E-state index >= 15 is 0 Å². The molecular formula is C17H19FN2O4. The van der Waals surface area contributed by atoms with Gasteiger partial charge in [0.2, 0.25) is 0 Å². The minimum Gasteiger partial charge on any atom is -0.496 e. The Morgan fingerprint density at radius 3 is 2.75 bits per heavy atom. The van der Waals surface area contributed by atoms with Gasteiger partial charge in [0, 0.05) is 30.3 Å². The van der Waals surface area contributed by atoms with E-state index in [2.05, 4.69) is 5.32 Å². The lowest BCUT2D eigenvalue weighted by Crippen LogP contribution is -2.25. The van der Waals surface area contributed by atoms with E-state index in [1.54, 1.807) is 12.1 Å². The Hall–Kier alpha value is -2.51. The molecule has 2 N–H and O–H groups in total. The predicted octanol–water partition coefficient (Wildman–Crippen LogP) is 3.13. The van der Waals surface area contributed by atoms with Crippen molar-refractivity contribution in [1.82, 2.24) is 5.32 Å². The first-order chi connectivity index (χ1) is 11.4. The second-order valence-electron chi connectivity index (χ2n) is 5.38. The quantitative estimate of drug-likeness (QED) is 0.600. The Morgan fingerprint density at radius 2 is 2.08 bits per heavy atom. The van der Waals surface area contributed by atoms with Gasteiger partial charge in [0.25, 0.3) is 5.69 Å². The normalized spacial score (nSPS) is 13.3. The lowest BCUT2D eigenvalue weighted by Gasteiger charge is -2.19. The van der Waals surface area contributed by atoms with E-state index in [-0.39, 0.29) is 24.1 Å². The Balaban J connectivity index is 2.06. The number of methoxy groups -OCH3 is 1. The lowest BCUT2D eigenvalue weighted by molar-refractivity contribution is -0.385. The zero-order valence-electron chi connectivity index (χ0n) is 13.4. The lowest BCUT2D eigenvalue weighted by atomic mass is 10.1. The molecule has 24 heavy (non-hydrogen) atoms. The van der Waals surface area contributed by atoms with Crippen molar-refractivity contribution in [1.29, 1.82) is 0 Å². The van der Waals surface area contributed by atoms with Crippen LogP contribution in [-0.4, -0.2) is 23.7 Å². The molecule has 2 aromatic rings. The summed E-state index contributed by atoms with van der Waals surface area (Å²) in [5.74, 6) is 0.167. The van der Waals surface area contributed by atoms with Gasteiger partial charge < -0.3 is 15.2 Å². The van der Waals surface area contributed by atoms with Crippen LogP contribution in [0.3, 0.4) is 0 Å². The van der Waals surface area contributed by atoms with Crippen LogP contribution < -0.4 is 10.1 Å². The fraction of sp³-hybridized carbons (Fsp3) is 0.294. The fourth-order valence-corrected chi connectivity index (χ4v) is 2.41. The molecule has 2 atom stereocenters. The highest BCUT2D eigenvalue weighted by atomic mass is 19.1. The highest BCUT2D eigenvalue weighted by Crippen LogP contribution is 2.26. The summed E-state index contributed by atoms with van der Waals surface area (Å²) in [5, 5.41) is 24.1. The van der Waals surface area contributed by atoms with Crippen molar-refractivity contribution in [2.45, 2.75) is 19.1 Å². The third-order valence-corrected chi connectivity index (χ3v) is 3.74. The second kappa shape index (κ2) is 7.85. The maximum atomic E-state index is 13.4. The number of aliphatic hydroxyl groups is 1. The predicted molar refractivity (Wildman–Crippen MR) is 87.4 cm³/mol. The number of nitro groups is 1. The Bertz CT molecular complexity index is 723. The number of benzene rings is 2. The molecular weight excluding hydrogens is 315 g/mol. The molecule has 0 bridgehead atoms. The van der Waals surface area contributed by atoms with Gasteiger partial charge in [-0.1, -0.05) is 12.1 Å². The maximum Gasteiger partial charge on any atom is 0.269 e. The zero-order valence-corrected chi connectivity index (χ0v) is 13.4. The number of hydrogen-bond donors (Lipinski definition) is 2. The molecule has 0 amide bonds. The molecule has 2 rings (SSSR count). The highest BCUT2D eigenvalue weighted by molar-refractivity contribution is 5.37. The summed E-state index contributed by atoms with van der Waals surface area (Å²) in [7, 11) is 1.50. The average Bonchev–Trinajstić information content (AvgIpc) is 2.59. The van der Waals surface area contributed by atoms with Crippen LogP contribution in [0.4, 0.5) is 10.1 Å². The number of aliphatic hydroxyl groups excluding tert-OH is 1. The third-order valence-electron chi connectivity index (χ3n) is 3.74. The number of ether oxygens (including phenoxy) is 1. The molecule has 0 aliphatic carbocycles. The molecule has 0 saturated carbocycles. The molecule has 2 aromatic carbocycles. The van der Waals surface area contributed by atoms with Crippen LogP contribution in [0, 0.1) is 15.9 Å². The summed E-state index contributed by atoms with van der Waals surface area (Å²) >= 11 is 0. The number of hydrogen-bond acceptors (Lipinski definition) is 5. The number of rotatable bonds is 7. The van der Waals surface area contributed by atoms with Crippen LogP contribution in [0.5, 0.6) is 5.75 Å². The van der Waals surface area contributed by atoms with Crippen molar-refractivity contribution in [2.24, 2.45) is 0 Å². The monoisotopic (exact) mass is 334 g/mol. The number of halogens is 1. The van der Waals surface area contributed by atoms with Gasteiger partial charge in [-0.3, -0.25) is 10.1 Å². The Morgan fingerprint density at radius 1 is 1.33 bits per heavy atom. The molecule has 0 fully saturated rings. The SMILES string of the molecule is COc1ccc(F)cc1C(C)NCC(O)c1cccc([N+](=O)[O-])c1. The summed E-state index contributed by atoms with van der Waals surface area (Å²) in [6.07, 6.45) is -0.924. The van der Waals surface area contributed by atoms with Gasteiger partial charge >= 0.3 is 0 Å². The van der Waals surface area contributed by atoms with Gasteiger partial charge in [-0.25, -0.2) is 4.39 Å². The summed E-state index contributed by atoms with van der Waals surface area (Å²) in [6.45, 7) is 1.97. The van der Waals surface area contributed by atoms with Gasteiger partial charge in [-0.2, -0.15) is 0 Å². The van der Waals surface area contributed by atoms with Gasteiger partial charge in [-0.05, 0) is 30.7 Å². The van der Waals surface area contributed by atoms with Gasteiger partial charge in [0.05, 0.1) is 18.1 Å². The molecule has 7 heteroatoms. The molecule has 0 aliphatic rings. The van der Waals surface area contributed by atoms with Crippen molar-refractivity contribution in [3.63, 3.8) is 0 Å². The number of nitro benzene ring substituents is 1. The minimum absolute atomic E-state index is 0.0774. The number of nitrogens with one attached hydrogen (secondary N) is 1. The number of non-ortho nitro benzene ring substituents is 1. The molecule has 6 nitrogen and oxygen atoms in total. The number of nitrogens with zero attached hydrogens (tertiary/aromatic N) is 1. The summed E-state index contributed by atoms with van der Waals surface area (Å²) in [5.41, 5.74) is 0.991. The first-order valence-electron chi connectivity index (χ1n) is 7.41. The van der Waals surface area contributed by atoms with E-state index in [9.17, 15) is 19.6 Å². The molecule has 0 aliphatic heterocycles. The van der Waals surface area contributed by atoms with Crippen LogP contribution in [0.2, 0.25) is 0 Å². The third kappa shape index (κ3) is 4.27. The van der Waals surface area contributed by atoms with Gasteiger partial charge in [-0.15, -0.1) is 0 Å². The molecule has 0 aromatic heterocycles. The van der Waals surface area contributed by atoms with Crippen molar-refractivity contribution in [3.05, 3.63) is 69.5 Å². The molecule has 0 heterocycles. The largest absolute Gasteiger partial charge is 0.496 e. The molecule has 128 valence electrons. The van der Waals surface area contributed by atoms with E-state index in [1.165, 1.54) is 37.4 Å².